The van der Waals surface area contributed by atoms with Crippen LogP contribution in [-0.4, -0.2) is 0 Å². The van der Waals surface area contributed by atoms with Crippen molar-refractivity contribution in [1.29, 1.82) is 0 Å². The van der Waals surface area contributed by atoms with Crippen LogP contribution < -0.4 is 0 Å². The van der Waals surface area contributed by atoms with Gasteiger partial charge in [-0.1, -0.05) is 30.3 Å². The zero-order valence-corrected chi connectivity index (χ0v) is 11.1. The van der Waals surface area contributed by atoms with E-state index in [0.29, 0.717) is 11.8 Å². The van der Waals surface area contributed by atoms with Gasteiger partial charge in [-0.05, 0) is 66.0 Å². The normalized spacial score (nSPS) is 23.4. The molecule has 0 amide bonds. The molecule has 0 nitrogen and oxygen atoms in total. The van der Waals surface area contributed by atoms with E-state index in [9.17, 15) is 4.39 Å². The van der Waals surface area contributed by atoms with Gasteiger partial charge in [-0.25, -0.2) is 4.39 Å². The van der Waals surface area contributed by atoms with Crippen LogP contribution in [0.4, 0.5) is 4.39 Å². The molecule has 0 spiro atoms. The third kappa shape index (κ3) is 2.56. The monoisotopic (exact) mass is 254 g/mol. The van der Waals surface area contributed by atoms with E-state index in [0.717, 1.165) is 10.8 Å². The Kier molecular flexibility index (Phi) is 3.37. The summed E-state index contributed by atoms with van der Waals surface area (Å²) in [6.45, 7) is 3.90. The highest BCUT2D eigenvalue weighted by molar-refractivity contribution is 5.83. The zero-order valence-electron chi connectivity index (χ0n) is 11.1. The first-order valence-corrected chi connectivity index (χ1v) is 7.08. The fraction of sp³-hybridized carbons (Fsp3) is 0.333. The van der Waals surface area contributed by atoms with Crippen molar-refractivity contribution < 1.29 is 4.39 Å². The summed E-state index contributed by atoms with van der Waals surface area (Å²) in [7, 11) is 0. The number of rotatable bonds is 2. The van der Waals surface area contributed by atoms with E-state index in [1.54, 1.807) is 12.1 Å². The van der Waals surface area contributed by atoms with E-state index in [-0.39, 0.29) is 5.82 Å². The Bertz CT molecular complexity index is 592. The SMILES string of the molecule is C=C[C@H]1CC[C@H](c2ccc3cc(F)ccc3c2)CC1. The largest absolute Gasteiger partial charge is 0.207 e. The molecule has 1 fully saturated rings. The van der Waals surface area contributed by atoms with Crippen LogP contribution in [0.5, 0.6) is 0 Å². The van der Waals surface area contributed by atoms with Gasteiger partial charge in [-0.15, -0.1) is 6.58 Å². The fourth-order valence-electron chi connectivity index (χ4n) is 3.18. The van der Waals surface area contributed by atoms with Gasteiger partial charge in [-0.2, -0.15) is 0 Å². The molecule has 0 unspecified atom stereocenters. The lowest BCUT2D eigenvalue weighted by atomic mass is 9.78. The fourth-order valence-corrected chi connectivity index (χ4v) is 3.18. The molecular formula is C18H19F. The Hall–Kier alpha value is -1.63. The summed E-state index contributed by atoms with van der Waals surface area (Å²) in [5.41, 5.74) is 1.40. The molecular weight excluding hydrogens is 235 g/mol. The van der Waals surface area contributed by atoms with E-state index in [1.807, 2.05) is 12.1 Å². The molecule has 1 aliphatic carbocycles. The summed E-state index contributed by atoms with van der Waals surface area (Å²) in [5.74, 6) is 1.20. The Morgan fingerprint density at radius 1 is 0.947 bits per heavy atom. The minimum atomic E-state index is -0.160. The number of benzene rings is 2. The molecule has 1 saturated carbocycles. The molecule has 1 aliphatic rings. The molecule has 0 aliphatic heterocycles. The minimum Gasteiger partial charge on any atom is -0.207 e. The number of halogens is 1. The summed E-state index contributed by atoms with van der Waals surface area (Å²) in [4.78, 5) is 0. The minimum absolute atomic E-state index is 0.160. The lowest BCUT2D eigenvalue weighted by Crippen LogP contribution is -2.11. The molecule has 0 atom stereocenters. The van der Waals surface area contributed by atoms with E-state index >= 15 is 0 Å². The van der Waals surface area contributed by atoms with Crippen LogP contribution in [-0.2, 0) is 0 Å². The number of hydrogen-bond donors (Lipinski definition) is 0. The Labute approximate surface area is 114 Å². The maximum absolute atomic E-state index is 13.2. The second-order valence-electron chi connectivity index (χ2n) is 5.60. The molecule has 0 N–H and O–H groups in total. The molecule has 2 aromatic carbocycles. The van der Waals surface area contributed by atoms with Crippen LogP contribution in [0.15, 0.2) is 49.1 Å². The van der Waals surface area contributed by atoms with Gasteiger partial charge in [0, 0.05) is 0 Å². The highest BCUT2D eigenvalue weighted by Crippen LogP contribution is 2.37. The van der Waals surface area contributed by atoms with Gasteiger partial charge in [0.25, 0.3) is 0 Å². The predicted molar refractivity (Wildman–Crippen MR) is 78.8 cm³/mol. The highest BCUT2D eigenvalue weighted by Gasteiger charge is 2.20. The van der Waals surface area contributed by atoms with Gasteiger partial charge < -0.3 is 0 Å². The summed E-state index contributed by atoms with van der Waals surface area (Å²) in [6.07, 6.45) is 7.07. The number of fused-ring (bicyclic) bond motifs is 1. The van der Waals surface area contributed by atoms with E-state index in [2.05, 4.69) is 24.8 Å². The average Bonchev–Trinajstić information content (AvgIpc) is 2.47. The molecule has 0 aromatic heterocycles. The Morgan fingerprint density at radius 3 is 2.37 bits per heavy atom. The van der Waals surface area contributed by atoms with Gasteiger partial charge >= 0.3 is 0 Å². The summed E-state index contributed by atoms with van der Waals surface area (Å²) >= 11 is 0. The topological polar surface area (TPSA) is 0 Å². The Morgan fingerprint density at radius 2 is 1.63 bits per heavy atom. The molecule has 2 aromatic rings. The van der Waals surface area contributed by atoms with Crippen LogP contribution in [0.3, 0.4) is 0 Å². The van der Waals surface area contributed by atoms with Crippen molar-refractivity contribution in [2.24, 2.45) is 5.92 Å². The van der Waals surface area contributed by atoms with Crippen molar-refractivity contribution in [3.05, 3.63) is 60.4 Å². The van der Waals surface area contributed by atoms with Crippen molar-refractivity contribution in [2.75, 3.05) is 0 Å². The predicted octanol–water partition coefficient (Wildman–Crippen LogP) is 5.44. The molecule has 19 heavy (non-hydrogen) atoms. The second kappa shape index (κ2) is 5.16. The van der Waals surface area contributed by atoms with E-state index < -0.39 is 0 Å². The van der Waals surface area contributed by atoms with Crippen LogP contribution in [0.1, 0.15) is 37.2 Å². The summed E-state index contributed by atoms with van der Waals surface area (Å²) in [6, 6.07) is 11.5. The first kappa shape index (κ1) is 12.4. The van der Waals surface area contributed by atoms with E-state index in [4.69, 9.17) is 0 Å². The molecule has 3 rings (SSSR count). The molecule has 98 valence electrons. The number of hydrogen-bond acceptors (Lipinski definition) is 0. The molecule has 0 saturated heterocycles. The highest BCUT2D eigenvalue weighted by atomic mass is 19.1. The van der Waals surface area contributed by atoms with Crippen LogP contribution >= 0.6 is 0 Å². The second-order valence-corrected chi connectivity index (χ2v) is 5.60. The molecule has 1 heteroatoms. The van der Waals surface area contributed by atoms with Crippen molar-refractivity contribution in [3.63, 3.8) is 0 Å². The number of allylic oxidation sites excluding steroid dienone is 1. The zero-order chi connectivity index (χ0) is 13.2. The first-order valence-electron chi connectivity index (χ1n) is 7.08. The summed E-state index contributed by atoms with van der Waals surface area (Å²) < 4.78 is 13.2. The molecule has 0 radical (unpaired) electrons. The van der Waals surface area contributed by atoms with Gasteiger partial charge in [-0.3, -0.25) is 0 Å². The maximum atomic E-state index is 13.2. The van der Waals surface area contributed by atoms with Crippen LogP contribution in [0.2, 0.25) is 0 Å². The third-order valence-corrected chi connectivity index (χ3v) is 4.40. The third-order valence-electron chi connectivity index (χ3n) is 4.40. The maximum Gasteiger partial charge on any atom is 0.123 e. The van der Waals surface area contributed by atoms with Crippen molar-refractivity contribution in [3.8, 4) is 0 Å². The smallest absolute Gasteiger partial charge is 0.123 e. The molecule has 0 heterocycles. The van der Waals surface area contributed by atoms with Gasteiger partial charge in [0.05, 0.1) is 0 Å². The Balaban J connectivity index is 1.85. The van der Waals surface area contributed by atoms with E-state index in [1.165, 1.54) is 31.2 Å². The lowest BCUT2D eigenvalue weighted by Gasteiger charge is -2.27. The van der Waals surface area contributed by atoms with Gasteiger partial charge in [0.15, 0.2) is 0 Å². The van der Waals surface area contributed by atoms with Gasteiger partial charge in [0.2, 0.25) is 0 Å². The quantitative estimate of drug-likeness (QED) is 0.626. The van der Waals surface area contributed by atoms with Crippen LogP contribution in [0.25, 0.3) is 10.8 Å². The summed E-state index contributed by atoms with van der Waals surface area (Å²) in [5, 5.41) is 2.13. The van der Waals surface area contributed by atoms with Gasteiger partial charge in [0.1, 0.15) is 5.82 Å². The molecule has 0 bridgehead atoms. The lowest BCUT2D eigenvalue weighted by molar-refractivity contribution is 0.376. The van der Waals surface area contributed by atoms with Crippen molar-refractivity contribution >= 4 is 10.8 Å². The van der Waals surface area contributed by atoms with Crippen LogP contribution in [0, 0.1) is 11.7 Å². The first-order chi connectivity index (χ1) is 9.26. The average molecular weight is 254 g/mol. The van der Waals surface area contributed by atoms with Crippen molar-refractivity contribution in [2.45, 2.75) is 31.6 Å². The van der Waals surface area contributed by atoms with Crippen molar-refractivity contribution in [1.82, 2.24) is 0 Å². The standard InChI is InChI=1S/C18H19F/c1-2-13-3-5-14(6-4-13)15-7-8-17-12-18(19)10-9-16(17)11-15/h2,7-14H,1,3-6H2/t13-,14-.